The van der Waals surface area contributed by atoms with Crippen molar-refractivity contribution >= 4 is 33.1 Å². The fraction of sp³-hybridized carbons (Fsp3) is 0.385. The average molecular weight is 324 g/mol. The molecule has 0 saturated carbocycles. The van der Waals surface area contributed by atoms with Crippen molar-refractivity contribution in [2.75, 3.05) is 0 Å². The van der Waals surface area contributed by atoms with E-state index in [4.69, 9.17) is 18.0 Å². The van der Waals surface area contributed by atoms with Gasteiger partial charge in [0.1, 0.15) is 0 Å². The van der Waals surface area contributed by atoms with Crippen LogP contribution < -0.4 is 11.1 Å². The third-order valence-corrected chi connectivity index (χ3v) is 4.69. The Bertz CT molecular complexity index is 515. The molecule has 3 nitrogen and oxygen atoms in total. The van der Waals surface area contributed by atoms with Crippen molar-refractivity contribution in [2.24, 2.45) is 5.73 Å². The lowest BCUT2D eigenvalue weighted by Gasteiger charge is -2.41. The Morgan fingerprint density at radius 1 is 1.39 bits per heavy atom. The molecular formula is C13H14BrN3S. The highest BCUT2D eigenvalue weighted by molar-refractivity contribution is 9.10. The van der Waals surface area contributed by atoms with Crippen LogP contribution in [0.15, 0.2) is 35.1 Å². The topological polar surface area (TPSA) is 50.9 Å². The van der Waals surface area contributed by atoms with Crippen molar-refractivity contribution in [2.45, 2.75) is 30.3 Å². The summed E-state index contributed by atoms with van der Waals surface area (Å²) in [5, 5.41) is 3.53. The Hall–Kier alpha value is -0.780. The molecule has 2 aliphatic rings. The average Bonchev–Trinajstić information content (AvgIpc) is 2.68. The van der Waals surface area contributed by atoms with Crippen molar-refractivity contribution in [3.8, 4) is 0 Å². The standard InChI is InChI=1S/C13H14BrN3S/c14-9-3-8(6-16-7-9)13(12(15)18)4-10-1-2-11(5-13)17-10/h1-3,6-7,10-11,17H,4-5H2,(H2,15,18)/t10-,11+,13+. The van der Waals surface area contributed by atoms with E-state index < -0.39 is 0 Å². The van der Waals surface area contributed by atoms with Gasteiger partial charge in [-0.25, -0.2) is 0 Å². The first-order valence-corrected chi connectivity index (χ1v) is 7.16. The number of nitrogens with one attached hydrogen (secondary N) is 1. The van der Waals surface area contributed by atoms with Crippen molar-refractivity contribution < 1.29 is 0 Å². The predicted octanol–water partition coefficient (Wildman–Crippen LogP) is 2.06. The Labute approximate surface area is 120 Å². The van der Waals surface area contributed by atoms with Crippen molar-refractivity contribution in [1.82, 2.24) is 10.3 Å². The quantitative estimate of drug-likeness (QED) is 0.646. The molecule has 5 heteroatoms. The van der Waals surface area contributed by atoms with Crippen molar-refractivity contribution in [1.29, 1.82) is 0 Å². The van der Waals surface area contributed by atoms with Crippen LogP contribution in [0.25, 0.3) is 0 Å². The summed E-state index contributed by atoms with van der Waals surface area (Å²) in [4.78, 5) is 4.83. The summed E-state index contributed by atoms with van der Waals surface area (Å²) >= 11 is 8.84. The van der Waals surface area contributed by atoms with Gasteiger partial charge in [0.25, 0.3) is 0 Å². The smallest absolute Gasteiger partial charge is 0.0836 e. The number of thiocarbonyl (C=S) groups is 1. The van der Waals surface area contributed by atoms with Gasteiger partial charge in [-0.15, -0.1) is 0 Å². The number of hydrogen-bond acceptors (Lipinski definition) is 3. The lowest BCUT2D eigenvalue weighted by atomic mass is 9.70. The van der Waals surface area contributed by atoms with Crippen LogP contribution in [0.5, 0.6) is 0 Å². The van der Waals surface area contributed by atoms with Gasteiger partial charge in [-0.05, 0) is 40.4 Å². The normalized spacial score (nSPS) is 33.6. The molecule has 0 aromatic carbocycles. The number of aromatic nitrogens is 1. The lowest BCUT2D eigenvalue weighted by molar-refractivity contribution is 0.331. The van der Waals surface area contributed by atoms with Gasteiger partial charge in [0, 0.05) is 29.0 Å². The van der Waals surface area contributed by atoms with E-state index in [0.29, 0.717) is 17.1 Å². The second kappa shape index (κ2) is 4.40. The largest absolute Gasteiger partial charge is 0.393 e. The van der Waals surface area contributed by atoms with Gasteiger partial charge in [-0.1, -0.05) is 24.4 Å². The molecule has 1 fully saturated rings. The Morgan fingerprint density at radius 3 is 2.61 bits per heavy atom. The molecule has 3 N–H and O–H groups in total. The molecule has 1 saturated heterocycles. The highest BCUT2D eigenvalue weighted by Crippen LogP contribution is 2.41. The number of piperidine rings is 1. The molecule has 3 heterocycles. The van der Waals surface area contributed by atoms with Gasteiger partial charge in [0.2, 0.25) is 0 Å². The van der Waals surface area contributed by atoms with Crippen LogP contribution >= 0.6 is 28.1 Å². The second-order valence-corrected chi connectivity index (χ2v) is 6.37. The minimum absolute atomic E-state index is 0.240. The Morgan fingerprint density at radius 2 is 2.06 bits per heavy atom. The molecule has 18 heavy (non-hydrogen) atoms. The second-order valence-electron chi connectivity index (χ2n) is 5.01. The molecule has 2 aliphatic heterocycles. The molecule has 0 aliphatic carbocycles. The van der Waals surface area contributed by atoms with E-state index in [-0.39, 0.29) is 5.41 Å². The van der Waals surface area contributed by atoms with E-state index >= 15 is 0 Å². The molecule has 0 amide bonds. The highest BCUT2D eigenvalue weighted by Gasteiger charge is 2.45. The lowest BCUT2D eigenvalue weighted by Crippen LogP contribution is -2.53. The van der Waals surface area contributed by atoms with Crippen molar-refractivity contribution in [3.63, 3.8) is 0 Å². The molecule has 3 rings (SSSR count). The number of rotatable bonds is 2. The van der Waals surface area contributed by atoms with Crippen LogP contribution in [0.2, 0.25) is 0 Å². The maximum Gasteiger partial charge on any atom is 0.0836 e. The molecule has 0 spiro atoms. The fourth-order valence-corrected chi connectivity index (χ4v) is 3.64. The zero-order chi connectivity index (χ0) is 12.8. The minimum Gasteiger partial charge on any atom is -0.393 e. The first-order valence-electron chi connectivity index (χ1n) is 5.95. The van der Waals surface area contributed by atoms with E-state index in [1.54, 1.807) is 6.20 Å². The molecule has 1 aromatic rings. The SMILES string of the molecule is NC(=S)[C@@]1(c2cncc(Br)c2)C[C@H]2C=C[C@@H](C1)N2. The van der Waals surface area contributed by atoms with Crippen LogP contribution in [-0.4, -0.2) is 22.1 Å². The van der Waals surface area contributed by atoms with Crippen LogP contribution in [0.4, 0.5) is 0 Å². The van der Waals surface area contributed by atoms with Crippen LogP contribution in [0.3, 0.4) is 0 Å². The van der Waals surface area contributed by atoms with Gasteiger partial charge in [0.05, 0.1) is 10.4 Å². The van der Waals surface area contributed by atoms with Gasteiger partial charge < -0.3 is 11.1 Å². The Balaban J connectivity index is 2.05. The zero-order valence-electron chi connectivity index (χ0n) is 9.77. The van der Waals surface area contributed by atoms with E-state index in [0.717, 1.165) is 22.9 Å². The minimum atomic E-state index is -0.240. The van der Waals surface area contributed by atoms with E-state index in [2.05, 4.69) is 44.4 Å². The third kappa shape index (κ3) is 1.90. The molecule has 0 radical (unpaired) electrons. The summed E-state index contributed by atoms with van der Waals surface area (Å²) in [5.41, 5.74) is 6.94. The maximum atomic E-state index is 6.07. The first-order chi connectivity index (χ1) is 8.60. The molecule has 0 unspecified atom stereocenters. The summed E-state index contributed by atoms with van der Waals surface area (Å²) in [6, 6.07) is 2.81. The molecule has 2 bridgehead atoms. The summed E-state index contributed by atoms with van der Waals surface area (Å²) in [7, 11) is 0. The summed E-state index contributed by atoms with van der Waals surface area (Å²) in [6.07, 6.45) is 9.92. The highest BCUT2D eigenvalue weighted by atomic mass is 79.9. The number of halogens is 1. The fourth-order valence-electron chi connectivity index (χ4n) is 3.00. The summed E-state index contributed by atoms with van der Waals surface area (Å²) in [6.45, 7) is 0. The molecule has 3 atom stereocenters. The van der Waals surface area contributed by atoms with Crippen LogP contribution in [0.1, 0.15) is 18.4 Å². The van der Waals surface area contributed by atoms with E-state index in [9.17, 15) is 0 Å². The number of pyridine rings is 1. The molecular weight excluding hydrogens is 310 g/mol. The van der Waals surface area contributed by atoms with Gasteiger partial charge in [-0.2, -0.15) is 0 Å². The maximum absolute atomic E-state index is 6.07. The van der Waals surface area contributed by atoms with Crippen LogP contribution in [0, 0.1) is 0 Å². The number of hydrogen-bond donors (Lipinski definition) is 2. The third-order valence-electron chi connectivity index (χ3n) is 3.87. The predicted molar refractivity (Wildman–Crippen MR) is 79.5 cm³/mol. The van der Waals surface area contributed by atoms with Gasteiger partial charge in [0.15, 0.2) is 0 Å². The number of fused-ring (bicyclic) bond motifs is 2. The number of nitrogens with zero attached hydrogens (tertiary/aromatic N) is 1. The van der Waals surface area contributed by atoms with E-state index in [1.165, 1.54) is 0 Å². The Kier molecular flexibility index (Phi) is 3.00. The van der Waals surface area contributed by atoms with Gasteiger partial charge >= 0.3 is 0 Å². The van der Waals surface area contributed by atoms with E-state index in [1.807, 2.05) is 6.20 Å². The monoisotopic (exact) mass is 323 g/mol. The van der Waals surface area contributed by atoms with Gasteiger partial charge in [-0.3, -0.25) is 4.98 Å². The summed E-state index contributed by atoms with van der Waals surface area (Å²) in [5.74, 6) is 0. The van der Waals surface area contributed by atoms with Crippen LogP contribution in [-0.2, 0) is 5.41 Å². The number of nitrogens with two attached hydrogens (primary N) is 1. The first kappa shape index (κ1) is 12.3. The zero-order valence-corrected chi connectivity index (χ0v) is 12.2. The molecule has 94 valence electrons. The molecule has 1 aromatic heterocycles. The van der Waals surface area contributed by atoms with Crippen molar-refractivity contribution in [3.05, 3.63) is 40.6 Å². The summed E-state index contributed by atoms with van der Waals surface area (Å²) < 4.78 is 0.967.